The number of pyridine rings is 2. The number of fused-ring (bicyclic) bond motifs is 1. The van der Waals surface area contributed by atoms with E-state index in [0.29, 0.717) is 30.1 Å². The number of ether oxygens (including phenoxy) is 4. The minimum atomic E-state index is -0.0261. The molecule has 3 unspecified atom stereocenters. The van der Waals surface area contributed by atoms with Crippen LogP contribution in [0.1, 0.15) is 43.7 Å². The van der Waals surface area contributed by atoms with Crippen molar-refractivity contribution in [3.63, 3.8) is 0 Å². The summed E-state index contributed by atoms with van der Waals surface area (Å²) in [5.41, 5.74) is 10.4. The van der Waals surface area contributed by atoms with Crippen molar-refractivity contribution >= 4 is 57.0 Å². The Hall–Kier alpha value is -2.24. The molecule has 5 heterocycles. The van der Waals surface area contributed by atoms with Crippen molar-refractivity contribution in [3.8, 4) is 0 Å². The van der Waals surface area contributed by atoms with Gasteiger partial charge in [-0.1, -0.05) is 18.5 Å². The van der Waals surface area contributed by atoms with Gasteiger partial charge in [0.1, 0.15) is 8.85 Å². The van der Waals surface area contributed by atoms with Crippen LogP contribution in [0.4, 0.5) is 0 Å². The van der Waals surface area contributed by atoms with Gasteiger partial charge < -0.3 is 24.7 Å². The van der Waals surface area contributed by atoms with E-state index in [-0.39, 0.29) is 18.3 Å². The van der Waals surface area contributed by atoms with Gasteiger partial charge in [0.2, 0.25) is 0 Å². The molecule has 2 aliphatic heterocycles. The Morgan fingerprint density at radius 2 is 1.75 bits per heavy atom. The zero-order valence-corrected chi connectivity index (χ0v) is 33.7. The van der Waals surface area contributed by atoms with Crippen LogP contribution in [0.2, 0.25) is 5.15 Å². The van der Waals surface area contributed by atoms with Crippen LogP contribution in [0.25, 0.3) is 16.6 Å². The smallest absolute Gasteiger partial charge is 0.129 e. The minimum absolute atomic E-state index is 0.0261. The van der Waals surface area contributed by atoms with Gasteiger partial charge in [-0.2, -0.15) is 5.10 Å². The standard InChI is InChI=1S/C39H54ClIN8O4/c1-27(14-31-20-49(46-39(31)41)23-34(53-26-29-4-5-29)22-47-8-11-50-12-9-47)37-24-48(10-13-51-37)21-33(52-25-28-2-3-28)19-43-17-32(16-42)30-15-36-35(44-18-30)6-7-38(40)45-36/h6-7,15-18,20,27-29,33-34,37H,2-5,8-14,19,21-26,42H2,1H3/t27-,33?,34?,37?/m0/s1. The number of morpholine rings is 2. The molecule has 7 rings (SSSR count). The third-order valence-corrected chi connectivity index (χ3v) is 11.8. The second-order valence-corrected chi connectivity index (χ2v) is 16.6. The highest BCUT2D eigenvalue weighted by molar-refractivity contribution is 14.1. The molecule has 3 aromatic rings. The molecule has 0 radical (unpaired) electrons. The maximum atomic E-state index is 6.47. The Bertz CT molecular complexity index is 1690. The molecule has 12 nitrogen and oxygen atoms in total. The Kier molecular flexibility index (Phi) is 14.0. The highest BCUT2D eigenvalue weighted by Gasteiger charge is 2.30. The van der Waals surface area contributed by atoms with E-state index in [9.17, 15) is 0 Å². The largest absolute Gasteiger partial charge is 0.404 e. The third kappa shape index (κ3) is 11.9. The molecular formula is C39H54ClIN8O4. The number of hydrogen-bond donors (Lipinski definition) is 1. The lowest BCUT2D eigenvalue weighted by atomic mass is 9.96. The SMILES string of the molecule is C[C@@H](Cc1cn(CC(CN2CCOCC2)OCC2CC2)nc1I)C1CN(CC(CN=CC(=CN)c2cnc3ccc(Cl)nc3c2)OCC2CC2)CCO1. The zero-order chi connectivity index (χ0) is 36.6. The van der Waals surface area contributed by atoms with Crippen molar-refractivity contribution in [2.45, 2.75) is 63.9 Å². The highest BCUT2D eigenvalue weighted by atomic mass is 127. The fourth-order valence-corrected chi connectivity index (χ4v) is 7.81. The molecule has 0 spiro atoms. The van der Waals surface area contributed by atoms with Crippen LogP contribution in [-0.4, -0.2) is 133 Å². The Morgan fingerprint density at radius 3 is 2.51 bits per heavy atom. The lowest BCUT2D eigenvalue weighted by molar-refractivity contribution is -0.0696. The maximum absolute atomic E-state index is 6.47. The lowest BCUT2D eigenvalue weighted by Crippen LogP contribution is -2.48. The second kappa shape index (κ2) is 19.1. The van der Waals surface area contributed by atoms with Crippen molar-refractivity contribution in [2.75, 3.05) is 78.8 Å². The molecule has 288 valence electrons. The fourth-order valence-electron chi connectivity index (χ4n) is 7.02. The van der Waals surface area contributed by atoms with Crippen LogP contribution in [-0.2, 0) is 31.9 Å². The zero-order valence-electron chi connectivity index (χ0n) is 30.8. The first-order valence-corrected chi connectivity index (χ1v) is 20.8. The Labute approximate surface area is 331 Å². The quantitative estimate of drug-likeness (QED) is 0.101. The summed E-state index contributed by atoms with van der Waals surface area (Å²) in [5.74, 6) is 1.74. The summed E-state index contributed by atoms with van der Waals surface area (Å²) in [6, 6.07) is 5.54. The topological polar surface area (TPSA) is 125 Å². The van der Waals surface area contributed by atoms with E-state index in [4.69, 9.17) is 46.4 Å². The molecule has 3 aromatic heterocycles. The molecule has 2 saturated heterocycles. The number of halogens is 2. The van der Waals surface area contributed by atoms with E-state index in [0.717, 1.165) is 110 Å². The lowest BCUT2D eigenvalue weighted by Gasteiger charge is -2.37. The van der Waals surface area contributed by atoms with Gasteiger partial charge in [0.05, 0.1) is 62.3 Å². The summed E-state index contributed by atoms with van der Waals surface area (Å²) >= 11 is 8.52. The highest BCUT2D eigenvalue weighted by Crippen LogP contribution is 2.30. The van der Waals surface area contributed by atoms with E-state index in [1.807, 2.05) is 18.3 Å². The van der Waals surface area contributed by atoms with Crippen molar-refractivity contribution in [2.24, 2.45) is 28.5 Å². The minimum Gasteiger partial charge on any atom is -0.404 e. The summed E-state index contributed by atoms with van der Waals surface area (Å²) in [4.78, 5) is 18.7. The average Bonchev–Trinajstić information content (AvgIpc) is 4.11. The van der Waals surface area contributed by atoms with Gasteiger partial charge in [-0.25, -0.2) is 4.98 Å². The maximum Gasteiger partial charge on any atom is 0.129 e. The number of aliphatic imine (C=N–C) groups is 1. The van der Waals surface area contributed by atoms with Gasteiger partial charge in [0.15, 0.2) is 0 Å². The predicted molar refractivity (Wildman–Crippen MR) is 216 cm³/mol. The van der Waals surface area contributed by atoms with Crippen LogP contribution >= 0.6 is 34.2 Å². The molecule has 4 fully saturated rings. The van der Waals surface area contributed by atoms with Crippen LogP contribution < -0.4 is 5.73 Å². The van der Waals surface area contributed by atoms with E-state index in [1.165, 1.54) is 31.2 Å². The van der Waals surface area contributed by atoms with Gasteiger partial charge in [0.25, 0.3) is 0 Å². The first-order chi connectivity index (χ1) is 25.9. The molecular weight excluding hydrogens is 807 g/mol. The summed E-state index contributed by atoms with van der Waals surface area (Å²) in [6.07, 6.45) is 13.6. The molecule has 2 saturated carbocycles. The van der Waals surface area contributed by atoms with Crippen LogP contribution in [0.3, 0.4) is 0 Å². The summed E-state index contributed by atoms with van der Waals surface area (Å²) in [6.45, 7) is 12.9. The van der Waals surface area contributed by atoms with Crippen molar-refractivity contribution < 1.29 is 18.9 Å². The second-order valence-electron chi connectivity index (χ2n) is 15.2. The summed E-state index contributed by atoms with van der Waals surface area (Å²) in [5, 5.41) is 5.37. The molecule has 0 bridgehead atoms. The van der Waals surface area contributed by atoms with E-state index in [2.05, 4.69) is 60.2 Å². The number of nitrogens with two attached hydrogens (primary N) is 1. The number of aromatic nitrogens is 4. The fraction of sp³-hybridized carbons (Fsp3) is 0.641. The molecule has 2 aliphatic carbocycles. The Balaban J connectivity index is 0.930. The summed E-state index contributed by atoms with van der Waals surface area (Å²) in [7, 11) is 0. The van der Waals surface area contributed by atoms with Gasteiger partial charge in [0, 0.05) is 94.0 Å². The van der Waals surface area contributed by atoms with Crippen molar-refractivity contribution in [1.82, 2.24) is 29.5 Å². The molecule has 2 N–H and O–H groups in total. The molecule has 0 aromatic carbocycles. The summed E-state index contributed by atoms with van der Waals surface area (Å²) < 4.78 is 28.0. The third-order valence-electron chi connectivity index (χ3n) is 10.6. The van der Waals surface area contributed by atoms with Crippen LogP contribution in [0.15, 0.2) is 41.8 Å². The average molecular weight is 861 g/mol. The predicted octanol–water partition coefficient (Wildman–Crippen LogP) is 4.96. The van der Waals surface area contributed by atoms with Crippen LogP contribution in [0, 0.1) is 21.5 Å². The number of allylic oxidation sites excluding steroid dienone is 1. The number of nitrogens with zero attached hydrogens (tertiary/aromatic N) is 7. The van der Waals surface area contributed by atoms with Crippen molar-refractivity contribution in [3.05, 3.63) is 56.8 Å². The molecule has 4 atom stereocenters. The Morgan fingerprint density at radius 1 is 1.02 bits per heavy atom. The van der Waals surface area contributed by atoms with Gasteiger partial charge in [-0.05, 0) is 90.6 Å². The normalized spacial score (nSPS) is 22.5. The molecule has 0 amide bonds. The van der Waals surface area contributed by atoms with Crippen LogP contribution in [0.5, 0.6) is 0 Å². The van der Waals surface area contributed by atoms with E-state index >= 15 is 0 Å². The van der Waals surface area contributed by atoms with Gasteiger partial charge in [-0.3, -0.25) is 24.5 Å². The van der Waals surface area contributed by atoms with Gasteiger partial charge >= 0.3 is 0 Å². The van der Waals surface area contributed by atoms with Crippen molar-refractivity contribution in [1.29, 1.82) is 0 Å². The first-order valence-electron chi connectivity index (χ1n) is 19.3. The molecule has 4 aliphatic rings. The van der Waals surface area contributed by atoms with E-state index in [1.54, 1.807) is 18.5 Å². The number of hydrogen-bond acceptors (Lipinski definition) is 11. The number of rotatable bonds is 19. The van der Waals surface area contributed by atoms with Gasteiger partial charge in [-0.15, -0.1) is 0 Å². The van der Waals surface area contributed by atoms with E-state index < -0.39 is 0 Å². The monoisotopic (exact) mass is 860 g/mol. The molecule has 53 heavy (non-hydrogen) atoms. The first kappa shape index (κ1) is 39.0. The molecule has 14 heteroatoms.